The number of allylic oxidation sites excluding steroid dienone is 1. The minimum Gasteiger partial charge on any atom is -0.460 e. The molecule has 0 fully saturated rings. The van der Waals surface area contributed by atoms with Crippen molar-refractivity contribution < 1.29 is 47.7 Å². The summed E-state index contributed by atoms with van der Waals surface area (Å²) < 4.78 is 25.0. The molecule has 0 spiro atoms. The molecule has 304 valence electrons. The quantitative estimate of drug-likeness (QED) is 0.0351. The van der Waals surface area contributed by atoms with Crippen LogP contribution in [-0.2, 0) is 44.7 Å². The van der Waals surface area contributed by atoms with Crippen LogP contribution < -0.4 is 25.6 Å². The lowest BCUT2D eigenvalue weighted by atomic mass is 10.0. The van der Waals surface area contributed by atoms with Crippen LogP contribution in [0.4, 0.5) is 5.69 Å². The molecule has 16 heteroatoms. The van der Waals surface area contributed by atoms with E-state index in [2.05, 4.69) is 21.0 Å². The Kier molecular flexibility index (Phi) is 18.1. The Morgan fingerprint density at radius 1 is 0.857 bits per heavy atom. The van der Waals surface area contributed by atoms with Crippen molar-refractivity contribution in [2.75, 3.05) is 24.6 Å². The Hall–Kier alpha value is -5.11. The third-order valence-corrected chi connectivity index (χ3v) is 10.8. The number of nitrogens with zero attached hydrogens (tertiary/aromatic N) is 1. The van der Waals surface area contributed by atoms with E-state index in [1.165, 1.54) is 26.0 Å². The van der Waals surface area contributed by atoms with Crippen LogP contribution in [0.5, 0.6) is 5.75 Å². The summed E-state index contributed by atoms with van der Waals surface area (Å²) in [4.78, 5) is 76.0. The van der Waals surface area contributed by atoms with Gasteiger partial charge in [0.05, 0.1) is 12.8 Å². The highest BCUT2D eigenvalue weighted by Crippen LogP contribution is 2.44. The molecule has 1 aliphatic heterocycles. The van der Waals surface area contributed by atoms with Gasteiger partial charge in [0, 0.05) is 30.8 Å². The zero-order chi connectivity index (χ0) is 41.3. The maximum atomic E-state index is 13.8. The van der Waals surface area contributed by atoms with E-state index < -0.39 is 43.4 Å². The number of rotatable bonds is 23. The van der Waals surface area contributed by atoms with Gasteiger partial charge < -0.3 is 30.3 Å². The van der Waals surface area contributed by atoms with Crippen LogP contribution in [0.3, 0.4) is 0 Å². The van der Waals surface area contributed by atoms with Gasteiger partial charge in [-0.15, -0.1) is 0 Å². The summed E-state index contributed by atoms with van der Waals surface area (Å²) in [7, 11) is -3.56. The van der Waals surface area contributed by atoms with Gasteiger partial charge >= 0.3 is 13.5 Å². The van der Waals surface area contributed by atoms with Crippen LogP contribution in [0, 0.1) is 5.92 Å². The van der Waals surface area contributed by atoms with E-state index in [1.807, 2.05) is 0 Å². The number of imide groups is 1. The van der Waals surface area contributed by atoms with Crippen molar-refractivity contribution in [3.8, 4) is 5.75 Å². The number of unbranched alkanes of at least 4 members (excludes halogenated alkanes) is 2. The molecule has 0 saturated carbocycles. The van der Waals surface area contributed by atoms with Gasteiger partial charge in [-0.25, -0.2) is 5.09 Å². The Balaban J connectivity index is 1.44. The Bertz CT molecular complexity index is 1760. The van der Waals surface area contributed by atoms with Crippen LogP contribution in [-0.4, -0.2) is 83.0 Å². The summed E-state index contributed by atoms with van der Waals surface area (Å²) in [5, 5.41) is 20.2. The van der Waals surface area contributed by atoms with Crippen molar-refractivity contribution >= 4 is 48.7 Å². The number of aliphatic hydroxyl groups excluding tert-OH is 1. The number of para-hydroxylation sites is 1. The highest BCUT2D eigenvalue weighted by atomic mass is 31.2. The summed E-state index contributed by atoms with van der Waals surface area (Å²) in [5.74, 6) is -2.52. The van der Waals surface area contributed by atoms with E-state index in [9.17, 15) is 38.4 Å². The van der Waals surface area contributed by atoms with E-state index in [0.717, 1.165) is 10.5 Å². The summed E-state index contributed by atoms with van der Waals surface area (Å²) in [5.41, 5.74) is 1.79. The van der Waals surface area contributed by atoms with Crippen molar-refractivity contribution in [2.24, 2.45) is 5.92 Å². The van der Waals surface area contributed by atoms with Gasteiger partial charge in [-0.3, -0.25) is 38.2 Å². The number of amides is 5. The van der Waals surface area contributed by atoms with Gasteiger partial charge in [0.15, 0.2) is 0 Å². The third kappa shape index (κ3) is 15.2. The summed E-state index contributed by atoms with van der Waals surface area (Å²) in [6.45, 7) is 8.45. The number of ether oxygens (including phenoxy) is 1. The van der Waals surface area contributed by atoms with Crippen LogP contribution >= 0.6 is 7.52 Å². The molecule has 4 atom stereocenters. The summed E-state index contributed by atoms with van der Waals surface area (Å²) >= 11 is 0. The van der Waals surface area contributed by atoms with Crippen molar-refractivity contribution in [2.45, 2.75) is 91.5 Å². The number of carbonyl (C=O) groups is 6. The predicted molar refractivity (Wildman–Crippen MR) is 211 cm³/mol. The second-order valence-electron chi connectivity index (χ2n) is 13.9. The molecule has 5 N–H and O–H groups in total. The molecular weight excluding hydrogens is 741 g/mol. The molecule has 0 bridgehead atoms. The zero-order valence-corrected chi connectivity index (χ0v) is 33.5. The molecule has 56 heavy (non-hydrogen) atoms. The normalized spacial score (nSPS) is 15.5. The van der Waals surface area contributed by atoms with Crippen molar-refractivity contribution in [1.82, 2.24) is 20.6 Å². The first-order chi connectivity index (χ1) is 26.6. The van der Waals surface area contributed by atoms with E-state index in [1.54, 1.807) is 81.4 Å². The molecule has 15 nitrogen and oxygen atoms in total. The van der Waals surface area contributed by atoms with Gasteiger partial charge in [0.2, 0.25) is 17.7 Å². The smallest absolute Gasteiger partial charge is 0.323 e. The molecule has 0 aliphatic carbocycles. The molecule has 5 amide bonds. The maximum absolute atomic E-state index is 13.8. The second-order valence-corrected chi connectivity index (χ2v) is 16.2. The molecule has 1 aliphatic rings. The van der Waals surface area contributed by atoms with Crippen LogP contribution in [0.1, 0.15) is 72.3 Å². The van der Waals surface area contributed by atoms with Crippen LogP contribution in [0.15, 0.2) is 78.4 Å². The Labute approximate surface area is 328 Å². The lowest BCUT2D eigenvalue weighted by Crippen LogP contribution is -2.53. The SMILES string of the molecule is C/C(=C\CCP(=O)(N[C@@H](C)C(=O)OCc1ccc(NC(=O)[C@H](C)NC(=O)[C@@H](NC(=O)CCCCCN2C(=O)C=CC2=O)C(C)C)cc1)Oc1ccccc1)CO. The molecule has 0 radical (unpaired) electrons. The van der Waals surface area contributed by atoms with Crippen LogP contribution in [0.2, 0.25) is 0 Å². The van der Waals surface area contributed by atoms with Gasteiger partial charge in [0.1, 0.15) is 30.5 Å². The average molecular weight is 796 g/mol. The fourth-order valence-corrected chi connectivity index (χ4v) is 7.33. The van der Waals surface area contributed by atoms with Crippen molar-refractivity contribution in [3.63, 3.8) is 0 Å². The van der Waals surface area contributed by atoms with E-state index >= 15 is 0 Å². The highest BCUT2D eigenvalue weighted by Gasteiger charge is 2.30. The molecule has 1 unspecified atom stereocenters. The number of carbonyl (C=O) groups excluding carboxylic acids is 6. The highest BCUT2D eigenvalue weighted by molar-refractivity contribution is 7.57. The molecule has 3 rings (SSSR count). The van der Waals surface area contributed by atoms with E-state index in [0.29, 0.717) is 42.7 Å². The molecule has 0 saturated heterocycles. The van der Waals surface area contributed by atoms with Crippen molar-refractivity contribution in [3.05, 3.63) is 84.0 Å². The van der Waals surface area contributed by atoms with Gasteiger partial charge in [-0.2, -0.15) is 0 Å². The fourth-order valence-electron chi connectivity index (χ4n) is 5.43. The maximum Gasteiger partial charge on any atom is 0.323 e. The number of esters is 1. The topological polar surface area (TPSA) is 210 Å². The molecular formula is C40H54N5O10P. The first kappa shape index (κ1) is 45.3. The second kappa shape index (κ2) is 22.4. The fraction of sp³-hybridized carbons (Fsp3) is 0.450. The Morgan fingerprint density at radius 2 is 1.52 bits per heavy atom. The predicted octanol–water partition coefficient (Wildman–Crippen LogP) is 4.38. The summed E-state index contributed by atoms with van der Waals surface area (Å²) in [6.07, 6.45) is 6.51. The standard InChI is InChI=1S/C40H54N5O10P/c1-27(2)37(43-34(47)16-10-7-11-23-45-35(48)21-22-36(45)49)39(51)41-29(4)38(50)42-32-19-17-31(18-20-32)26-54-40(52)30(5)44-56(53,24-12-13-28(3)25-46)55-33-14-8-6-9-15-33/h6,8-9,13-15,17-22,27,29-30,37,46H,7,10-12,16,23-26H2,1-5H3,(H,41,51)(H,42,50)(H,43,47)(H,44,53)/b28-13+/t29-,30-,37-,56?/m0/s1. The number of hydrogen-bond donors (Lipinski definition) is 5. The van der Waals surface area contributed by atoms with E-state index in [4.69, 9.17) is 9.26 Å². The summed E-state index contributed by atoms with van der Waals surface area (Å²) in [6, 6.07) is 12.4. The Morgan fingerprint density at radius 3 is 2.14 bits per heavy atom. The monoisotopic (exact) mass is 795 g/mol. The lowest BCUT2D eigenvalue weighted by molar-refractivity contribution is -0.146. The first-order valence-corrected chi connectivity index (χ1v) is 20.5. The van der Waals surface area contributed by atoms with Gasteiger partial charge in [0.25, 0.3) is 11.8 Å². The first-order valence-electron chi connectivity index (χ1n) is 18.7. The number of benzene rings is 2. The van der Waals surface area contributed by atoms with Gasteiger partial charge in [-0.1, -0.05) is 62.2 Å². The number of aliphatic hydroxyl groups is 1. The number of hydrogen-bond acceptors (Lipinski definition) is 10. The average Bonchev–Trinajstić information content (AvgIpc) is 3.48. The van der Waals surface area contributed by atoms with Crippen molar-refractivity contribution in [1.29, 1.82) is 0 Å². The minimum atomic E-state index is -3.56. The lowest BCUT2D eigenvalue weighted by Gasteiger charge is -2.24. The van der Waals surface area contributed by atoms with Crippen LogP contribution in [0.25, 0.3) is 0 Å². The van der Waals surface area contributed by atoms with Gasteiger partial charge in [-0.05, 0) is 75.8 Å². The number of anilines is 1. The molecule has 2 aromatic carbocycles. The number of nitrogens with one attached hydrogen (secondary N) is 4. The van der Waals surface area contributed by atoms with E-state index in [-0.39, 0.29) is 56.0 Å². The minimum absolute atomic E-state index is 0.0807. The molecule has 1 heterocycles. The third-order valence-electron chi connectivity index (χ3n) is 8.71. The molecule has 2 aromatic rings. The molecule has 0 aromatic heterocycles. The zero-order valence-electron chi connectivity index (χ0n) is 32.6. The largest absolute Gasteiger partial charge is 0.460 e.